The fourth-order valence-corrected chi connectivity index (χ4v) is 3.03. The average molecular weight is 325 g/mol. The van der Waals surface area contributed by atoms with Crippen molar-refractivity contribution in [1.29, 1.82) is 0 Å². The molecular weight excluding hydrogens is 298 g/mol. The first-order valence-corrected chi connectivity index (χ1v) is 9.07. The smallest absolute Gasteiger partial charge is 0.188 e. The van der Waals surface area contributed by atoms with E-state index in [1.54, 1.807) is 12.1 Å². The Bertz CT molecular complexity index is 612. The lowest BCUT2D eigenvalue weighted by Crippen LogP contribution is -2.37. The van der Waals surface area contributed by atoms with Crippen LogP contribution >= 0.6 is 0 Å². The van der Waals surface area contributed by atoms with Crippen molar-refractivity contribution < 1.29 is 8.42 Å². The Morgan fingerprint density at radius 1 is 1.23 bits per heavy atom. The number of rotatable bonds is 5. The van der Waals surface area contributed by atoms with E-state index in [9.17, 15) is 8.42 Å². The molecule has 124 valence electrons. The molecule has 6 heteroatoms. The number of nitrogens with one attached hydrogen (secondary N) is 1. The molecule has 5 nitrogen and oxygen atoms in total. The zero-order chi connectivity index (χ0) is 17.0. The summed E-state index contributed by atoms with van der Waals surface area (Å²) in [7, 11) is -3.34. The lowest BCUT2D eigenvalue weighted by Gasteiger charge is -2.19. The number of hydrogen-bond donors (Lipinski definition) is 2. The van der Waals surface area contributed by atoms with Crippen molar-refractivity contribution in [1.82, 2.24) is 5.32 Å². The molecule has 3 N–H and O–H groups in total. The standard InChI is InChI=1S/C16H27N3O2S/c1-12(2)19-15(17)18-10-11-22(20,21)14-8-6-13(7-9-14)16(3,4)5/h6-9,12H,10-11H2,1-5H3,(H3,17,18,19). The molecule has 0 aliphatic carbocycles. The van der Waals surface area contributed by atoms with E-state index in [1.807, 2.05) is 26.0 Å². The first-order chi connectivity index (χ1) is 10.0. The summed E-state index contributed by atoms with van der Waals surface area (Å²) in [5.74, 6) is 0.218. The summed E-state index contributed by atoms with van der Waals surface area (Å²) in [5, 5.41) is 2.93. The Hall–Kier alpha value is -1.56. The molecule has 0 saturated carbocycles. The molecule has 0 atom stereocenters. The number of nitrogens with two attached hydrogens (primary N) is 1. The van der Waals surface area contributed by atoms with Gasteiger partial charge in [0.05, 0.1) is 17.2 Å². The van der Waals surface area contributed by atoms with Gasteiger partial charge in [-0.3, -0.25) is 4.99 Å². The van der Waals surface area contributed by atoms with Crippen molar-refractivity contribution >= 4 is 15.8 Å². The van der Waals surface area contributed by atoms with Crippen LogP contribution in [0.15, 0.2) is 34.2 Å². The van der Waals surface area contributed by atoms with E-state index >= 15 is 0 Å². The van der Waals surface area contributed by atoms with E-state index < -0.39 is 9.84 Å². The number of sulfone groups is 1. The van der Waals surface area contributed by atoms with E-state index in [1.165, 1.54) is 0 Å². The average Bonchev–Trinajstić information content (AvgIpc) is 2.36. The highest BCUT2D eigenvalue weighted by Crippen LogP contribution is 2.23. The number of nitrogens with zero attached hydrogens (tertiary/aromatic N) is 1. The minimum atomic E-state index is -3.34. The highest BCUT2D eigenvalue weighted by molar-refractivity contribution is 7.91. The second-order valence-electron chi connectivity index (χ2n) is 6.66. The van der Waals surface area contributed by atoms with Gasteiger partial charge in [0.1, 0.15) is 0 Å². The molecule has 1 rings (SSSR count). The number of aliphatic imine (C=N–C) groups is 1. The van der Waals surface area contributed by atoms with Gasteiger partial charge in [-0.1, -0.05) is 32.9 Å². The third-order valence-corrected chi connectivity index (χ3v) is 4.87. The predicted octanol–water partition coefficient (Wildman–Crippen LogP) is 2.07. The van der Waals surface area contributed by atoms with Crippen LogP contribution < -0.4 is 11.1 Å². The lowest BCUT2D eigenvalue weighted by molar-refractivity contribution is 0.586. The Morgan fingerprint density at radius 2 is 1.77 bits per heavy atom. The fourth-order valence-electron chi connectivity index (χ4n) is 1.91. The molecule has 0 heterocycles. The number of hydrogen-bond acceptors (Lipinski definition) is 3. The van der Waals surface area contributed by atoms with Crippen LogP contribution in [0.2, 0.25) is 0 Å². The van der Waals surface area contributed by atoms with Crippen LogP contribution in [0, 0.1) is 0 Å². The van der Waals surface area contributed by atoms with E-state index in [0.717, 1.165) is 5.56 Å². The van der Waals surface area contributed by atoms with Gasteiger partial charge in [0, 0.05) is 6.04 Å². The van der Waals surface area contributed by atoms with E-state index in [-0.39, 0.29) is 29.7 Å². The van der Waals surface area contributed by atoms with Gasteiger partial charge in [-0.15, -0.1) is 0 Å². The van der Waals surface area contributed by atoms with E-state index in [0.29, 0.717) is 4.90 Å². The number of guanidine groups is 1. The first-order valence-electron chi connectivity index (χ1n) is 7.42. The summed E-state index contributed by atoms with van der Waals surface area (Å²) < 4.78 is 24.5. The molecule has 0 fully saturated rings. The maximum Gasteiger partial charge on any atom is 0.188 e. The topological polar surface area (TPSA) is 84.5 Å². The van der Waals surface area contributed by atoms with Crippen LogP contribution in [-0.2, 0) is 15.3 Å². The molecule has 1 aromatic carbocycles. The summed E-state index contributed by atoms with van der Waals surface area (Å²) >= 11 is 0. The van der Waals surface area contributed by atoms with Gasteiger partial charge < -0.3 is 11.1 Å². The van der Waals surface area contributed by atoms with Crippen molar-refractivity contribution in [2.75, 3.05) is 12.3 Å². The third kappa shape index (κ3) is 5.67. The van der Waals surface area contributed by atoms with Gasteiger partial charge in [0.25, 0.3) is 0 Å². The van der Waals surface area contributed by atoms with E-state index in [2.05, 4.69) is 31.1 Å². The van der Waals surface area contributed by atoms with Crippen LogP contribution in [0.25, 0.3) is 0 Å². The zero-order valence-corrected chi connectivity index (χ0v) is 14.9. The van der Waals surface area contributed by atoms with Crippen molar-refractivity contribution in [3.05, 3.63) is 29.8 Å². The Morgan fingerprint density at radius 3 is 2.23 bits per heavy atom. The summed E-state index contributed by atoms with van der Waals surface area (Å²) in [6.45, 7) is 10.3. The third-order valence-electron chi connectivity index (χ3n) is 3.16. The van der Waals surface area contributed by atoms with Crippen molar-refractivity contribution in [2.24, 2.45) is 10.7 Å². The van der Waals surface area contributed by atoms with Crippen molar-refractivity contribution in [3.63, 3.8) is 0 Å². The van der Waals surface area contributed by atoms with Gasteiger partial charge in [-0.05, 0) is 37.0 Å². The molecule has 0 radical (unpaired) electrons. The predicted molar refractivity (Wildman–Crippen MR) is 92.0 cm³/mol. The second-order valence-corrected chi connectivity index (χ2v) is 8.77. The molecule has 0 aliphatic heterocycles. The Kier molecular flexibility index (Phi) is 6.00. The molecule has 1 aromatic rings. The van der Waals surface area contributed by atoms with Crippen LogP contribution in [0.5, 0.6) is 0 Å². The van der Waals surface area contributed by atoms with Gasteiger partial charge in [-0.2, -0.15) is 0 Å². The maximum absolute atomic E-state index is 12.3. The van der Waals surface area contributed by atoms with Gasteiger partial charge in [0.15, 0.2) is 15.8 Å². The van der Waals surface area contributed by atoms with Crippen molar-refractivity contribution in [3.8, 4) is 0 Å². The van der Waals surface area contributed by atoms with Gasteiger partial charge in [-0.25, -0.2) is 8.42 Å². The van der Waals surface area contributed by atoms with Crippen LogP contribution in [0.1, 0.15) is 40.2 Å². The van der Waals surface area contributed by atoms with Crippen molar-refractivity contribution in [2.45, 2.75) is 51.0 Å². The SMILES string of the molecule is CC(C)NC(N)=NCCS(=O)(=O)c1ccc(C(C)(C)C)cc1. The molecule has 0 bridgehead atoms. The van der Waals surface area contributed by atoms with Crippen LogP contribution in [-0.4, -0.2) is 32.7 Å². The molecule has 0 amide bonds. The largest absolute Gasteiger partial charge is 0.370 e. The summed E-state index contributed by atoms with van der Waals surface area (Å²) in [4.78, 5) is 4.36. The molecule has 22 heavy (non-hydrogen) atoms. The Balaban J connectivity index is 2.75. The quantitative estimate of drug-likeness (QED) is 0.641. The van der Waals surface area contributed by atoms with Gasteiger partial charge >= 0.3 is 0 Å². The summed E-state index contributed by atoms with van der Waals surface area (Å²) in [6.07, 6.45) is 0. The molecular formula is C16H27N3O2S. The fraction of sp³-hybridized carbons (Fsp3) is 0.562. The summed E-state index contributed by atoms with van der Waals surface area (Å²) in [5.41, 5.74) is 6.76. The number of benzene rings is 1. The molecule has 0 saturated heterocycles. The molecule has 0 unspecified atom stereocenters. The molecule has 0 aromatic heterocycles. The zero-order valence-electron chi connectivity index (χ0n) is 14.1. The highest BCUT2D eigenvalue weighted by atomic mass is 32.2. The molecule has 0 spiro atoms. The van der Waals surface area contributed by atoms with Gasteiger partial charge in [0.2, 0.25) is 0 Å². The maximum atomic E-state index is 12.3. The molecule has 0 aliphatic rings. The van der Waals surface area contributed by atoms with Crippen LogP contribution in [0.4, 0.5) is 0 Å². The minimum absolute atomic E-state index is 0.00352. The van der Waals surface area contributed by atoms with E-state index in [4.69, 9.17) is 5.73 Å². The second kappa shape index (κ2) is 7.13. The Labute approximate surface area is 133 Å². The normalized spacial score (nSPS) is 13.5. The highest BCUT2D eigenvalue weighted by Gasteiger charge is 2.17. The first kappa shape index (κ1) is 18.5. The summed E-state index contributed by atoms with van der Waals surface area (Å²) in [6, 6.07) is 7.23. The minimum Gasteiger partial charge on any atom is -0.370 e. The van der Waals surface area contributed by atoms with Crippen LogP contribution in [0.3, 0.4) is 0 Å². The lowest BCUT2D eigenvalue weighted by atomic mass is 9.87. The monoisotopic (exact) mass is 325 g/mol.